The van der Waals surface area contributed by atoms with Gasteiger partial charge in [-0.2, -0.15) is 0 Å². The van der Waals surface area contributed by atoms with Crippen molar-refractivity contribution in [2.24, 2.45) is 13.0 Å². The van der Waals surface area contributed by atoms with Gasteiger partial charge in [-0.15, -0.1) is 0 Å². The molecule has 3 amide bonds. The molecule has 0 radical (unpaired) electrons. The summed E-state index contributed by atoms with van der Waals surface area (Å²) >= 11 is 0. The molecule has 4 rings (SSSR count). The fourth-order valence-corrected chi connectivity index (χ4v) is 3.96. The van der Waals surface area contributed by atoms with Crippen LogP contribution in [-0.4, -0.2) is 60.0 Å². The van der Waals surface area contributed by atoms with Crippen molar-refractivity contribution in [3.8, 4) is 0 Å². The zero-order chi connectivity index (χ0) is 22.8. The number of nitrogens with zero attached hydrogens (tertiary/aromatic N) is 3. The molecule has 2 aliphatic rings. The van der Waals surface area contributed by atoms with Crippen LogP contribution >= 0.6 is 0 Å². The minimum absolute atomic E-state index is 0.0258. The highest BCUT2D eigenvalue weighted by Gasteiger charge is 2.35. The van der Waals surface area contributed by atoms with E-state index in [0.717, 1.165) is 11.3 Å². The largest absolute Gasteiger partial charge is 0.378 e. The third kappa shape index (κ3) is 4.43. The van der Waals surface area contributed by atoms with Crippen LogP contribution in [0.3, 0.4) is 0 Å². The molecule has 1 aromatic heterocycles. The van der Waals surface area contributed by atoms with E-state index in [-0.39, 0.29) is 30.5 Å². The third-order valence-corrected chi connectivity index (χ3v) is 5.83. The number of carbonyl (C=O) groups excluding carboxylic acids is 3. The second-order valence-electron chi connectivity index (χ2n) is 8.19. The fraction of sp³-hybridized carbons (Fsp3) is 0.391. The van der Waals surface area contributed by atoms with Gasteiger partial charge in [-0.3, -0.25) is 19.2 Å². The highest BCUT2D eigenvalue weighted by Crippen LogP contribution is 2.26. The van der Waals surface area contributed by atoms with Crippen molar-refractivity contribution < 1.29 is 19.1 Å². The van der Waals surface area contributed by atoms with Gasteiger partial charge in [-0.05, 0) is 25.1 Å². The number of nitrogens with one attached hydrogen (secondary N) is 1. The van der Waals surface area contributed by atoms with Crippen LogP contribution in [0.1, 0.15) is 22.3 Å². The first-order chi connectivity index (χ1) is 15.3. The van der Waals surface area contributed by atoms with E-state index < -0.39 is 17.4 Å². The van der Waals surface area contributed by atoms with Crippen molar-refractivity contribution >= 4 is 29.1 Å². The maximum atomic E-state index is 12.9. The van der Waals surface area contributed by atoms with Crippen molar-refractivity contribution in [1.82, 2.24) is 9.47 Å². The van der Waals surface area contributed by atoms with Crippen molar-refractivity contribution in [2.75, 3.05) is 43.1 Å². The van der Waals surface area contributed by atoms with Crippen LogP contribution < -0.4 is 15.8 Å². The predicted molar refractivity (Wildman–Crippen MR) is 119 cm³/mol. The predicted octanol–water partition coefficient (Wildman–Crippen LogP) is 1.16. The number of morpholine rings is 1. The number of benzene rings is 1. The van der Waals surface area contributed by atoms with E-state index in [0.29, 0.717) is 31.9 Å². The number of carbonyl (C=O) groups is 3. The lowest BCUT2D eigenvalue weighted by Crippen LogP contribution is -2.41. The number of aryl methyl sites for hydroxylation is 2. The fourth-order valence-electron chi connectivity index (χ4n) is 3.96. The average Bonchev–Trinajstić information content (AvgIpc) is 3.19. The molecule has 168 valence electrons. The lowest BCUT2D eigenvalue weighted by Gasteiger charge is -2.27. The quantitative estimate of drug-likeness (QED) is 0.772. The molecule has 1 aromatic carbocycles. The molecule has 2 fully saturated rings. The molecule has 9 nitrogen and oxygen atoms in total. The molecule has 2 aromatic rings. The monoisotopic (exact) mass is 438 g/mol. The normalized spacial score (nSPS) is 18.7. The van der Waals surface area contributed by atoms with Gasteiger partial charge in [0, 0.05) is 45.0 Å². The Kier molecular flexibility index (Phi) is 6.09. The topological polar surface area (TPSA) is 101 Å². The SMILES string of the molecule is Cc1ccc(N2CC(C(=O)Nc3cc(C(=O)N4CCOCC4)cn(C)c3=O)CC2=O)cc1. The minimum Gasteiger partial charge on any atom is -0.378 e. The maximum Gasteiger partial charge on any atom is 0.274 e. The number of hydrogen-bond donors (Lipinski definition) is 1. The number of anilines is 2. The molecule has 0 aliphatic carbocycles. The first kappa shape index (κ1) is 21.8. The first-order valence-corrected chi connectivity index (χ1v) is 10.6. The molecular formula is C23H26N4O5. The molecule has 0 saturated carbocycles. The second-order valence-corrected chi connectivity index (χ2v) is 8.19. The number of aromatic nitrogens is 1. The zero-order valence-corrected chi connectivity index (χ0v) is 18.2. The van der Waals surface area contributed by atoms with Gasteiger partial charge < -0.3 is 24.4 Å². The summed E-state index contributed by atoms with van der Waals surface area (Å²) in [7, 11) is 1.53. The Morgan fingerprint density at radius 3 is 2.47 bits per heavy atom. The summed E-state index contributed by atoms with van der Waals surface area (Å²) in [5, 5.41) is 2.65. The first-order valence-electron chi connectivity index (χ1n) is 10.6. The van der Waals surface area contributed by atoms with Gasteiger partial charge in [-0.25, -0.2) is 0 Å². The van der Waals surface area contributed by atoms with Crippen LogP contribution in [-0.2, 0) is 21.4 Å². The van der Waals surface area contributed by atoms with Crippen molar-refractivity contribution in [3.05, 3.63) is 58.0 Å². The number of hydrogen-bond acceptors (Lipinski definition) is 5. The standard InChI is InChI=1S/C23H26N4O5/c1-15-3-5-18(6-4-15)27-14-16(12-20(27)28)21(29)24-19-11-17(13-25(2)23(19)31)22(30)26-7-9-32-10-8-26/h3-6,11,13,16H,7-10,12,14H2,1-2H3,(H,24,29). The number of rotatable bonds is 4. The van der Waals surface area contributed by atoms with Gasteiger partial charge in [0.2, 0.25) is 11.8 Å². The zero-order valence-electron chi connectivity index (χ0n) is 18.2. The summed E-state index contributed by atoms with van der Waals surface area (Å²) in [6.45, 7) is 4.08. The van der Waals surface area contributed by atoms with E-state index in [1.807, 2.05) is 31.2 Å². The van der Waals surface area contributed by atoms with Crippen LogP contribution in [0.4, 0.5) is 11.4 Å². The average molecular weight is 438 g/mol. The molecule has 1 N–H and O–H groups in total. The third-order valence-electron chi connectivity index (χ3n) is 5.83. The summed E-state index contributed by atoms with van der Waals surface area (Å²) in [5.74, 6) is -1.37. The Morgan fingerprint density at radius 2 is 1.78 bits per heavy atom. The van der Waals surface area contributed by atoms with E-state index in [1.54, 1.807) is 9.80 Å². The highest BCUT2D eigenvalue weighted by molar-refractivity contribution is 6.04. The summed E-state index contributed by atoms with van der Waals surface area (Å²) < 4.78 is 6.56. The van der Waals surface area contributed by atoms with Gasteiger partial charge in [0.25, 0.3) is 11.5 Å². The van der Waals surface area contributed by atoms with Crippen LogP contribution in [0.25, 0.3) is 0 Å². The van der Waals surface area contributed by atoms with Crippen LogP contribution in [0.15, 0.2) is 41.3 Å². The Morgan fingerprint density at radius 1 is 1.09 bits per heavy atom. The van der Waals surface area contributed by atoms with E-state index in [2.05, 4.69) is 5.32 Å². The summed E-state index contributed by atoms with van der Waals surface area (Å²) in [6, 6.07) is 8.94. The Bertz CT molecular complexity index is 1100. The van der Waals surface area contributed by atoms with Gasteiger partial charge in [0.05, 0.1) is 24.7 Å². The number of ether oxygens (including phenoxy) is 1. The van der Waals surface area contributed by atoms with Gasteiger partial charge in [0.1, 0.15) is 5.69 Å². The second kappa shape index (κ2) is 8.96. The van der Waals surface area contributed by atoms with Crippen LogP contribution in [0, 0.1) is 12.8 Å². The molecule has 3 heterocycles. The van der Waals surface area contributed by atoms with Gasteiger partial charge >= 0.3 is 0 Å². The van der Waals surface area contributed by atoms with Crippen LogP contribution in [0.5, 0.6) is 0 Å². The Labute approximate surface area is 185 Å². The van der Waals surface area contributed by atoms with Gasteiger partial charge in [-0.1, -0.05) is 17.7 Å². The Balaban J connectivity index is 1.50. The number of pyridine rings is 1. The lowest BCUT2D eigenvalue weighted by molar-refractivity contribution is -0.122. The summed E-state index contributed by atoms with van der Waals surface area (Å²) in [6.07, 6.45) is 1.53. The molecule has 0 spiro atoms. The van der Waals surface area contributed by atoms with Crippen LogP contribution in [0.2, 0.25) is 0 Å². The Hall–Kier alpha value is -3.46. The van der Waals surface area contributed by atoms with Crippen molar-refractivity contribution in [2.45, 2.75) is 13.3 Å². The van der Waals surface area contributed by atoms with E-state index in [4.69, 9.17) is 4.74 Å². The summed E-state index contributed by atoms with van der Waals surface area (Å²) in [5.41, 5.74) is 1.74. The smallest absolute Gasteiger partial charge is 0.274 e. The van der Waals surface area contributed by atoms with Crippen molar-refractivity contribution in [3.63, 3.8) is 0 Å². The van der Waals surface area contributed by atoms with E-state index in [9.17, 15) is 19.2 Å². The molecule has 9 heteroatoms. The molecule has 2 saturated heterocycles. The summed E-state index contributed by atoms with van der Waals surface area (Å²) in [4.78, 5) is 54.0. The molecule has 1 atom stereocenters. The molecule has 0 bridgehead atoms. The molecule has 1 unspecified atom stereocenters. The highest BCUT2D eigenvalue weighted by atomic mass is 16.5. The lowest BCUT2D eigenvalue weighted by atomic mass is 10.1. The molecular weight excluding hydrogens is 412 g/mol. The number of amides is 3. The van der Waals surface area contributed by atoms with Gasteiger partial charge in [0.15, 0.2) is 0 Å². The molecule has 32 heavy (non-hydrogen) atoms. The maximum absolute atomic E-state index is 12.9. The minimum atomic E-state index is -0.591. The van der Waals surface area contributed by atoms with Crippen molar-refractivity contribution in [1.29, 1.82) is 0 Å². The molecule has 2 aliphatic heterocycles. The van der Waals surface area contributed by atoms with E-state index in [1.165, 1.54) is 23.9 Å². The van der Waals surface area contributed by atoms with E-state index >= 15 is 0 Å².